The topological polar surface area (TPSA) is 62.6 Å². The summed E-state index contributed by atoms with van der Waals surface area (Å²) >= 11 is 0. The predicted octanol–water partition coefficient (Wildman–Crippen LogP) is 2.27. The van der Waals surface area contributed by atoms with Gasteiger partial charge in [-0.2, -0.15) is 0 Å². The summed E-state index contributed by atoms with van der Waals surface area (Å²) in [6.07, 6.45) is 0. The number of hydrogen-bond donors (Lipinski definition) is 1. The first-order chi connectivity index (χ1) is 9.87. The van der Waals surface area contributed by atoms with E-state index in [1.807, 2.05) is 0 Å². The number of nitrogens with one attached hydrogen (secondary N) is 1. The van der Waals surface area contributed by atoms with Crippen LogP contribution < -0.4 is 9.62 Å². The zero-order valence-corrected chi connectivity index (χ0v) is 12.9. The monoisotopic (exact) mass is 312 g/mol. The standard InChI is InChI=1S/C14H17FN2O3S/c1-10-14(8-11(20-10)9-16-2)21(18,19)17(3)13-7-5-4-6-12(13)15/h4-8,16H,9H2,1-3H3. The molecule has 5 nitrogen and oxygen atoms in total. The van der Waals surface area contributed by atoms with Gasteiger partial charge in [0.2, 0.25) is 0 Å². The fourth-order valence-electron chi connectivity index (χ4n) is 2.03. The van der Waals surface area contributed by atoms with Gasteiger partial charge in [-0.25, -0.2) is 12.8 Å². The van der Waals surface area contributed by atoms with E-state index < -0.39 is 15.8 Å². The van der Waals surface area contributed by atoms with Crippen molar-refractivity contribution in [2.75, 3.05) is 18.4 Å². The second kappa shape index (κ2) is 5.87. The highest BCUT2D eigenvalue weighted by atomic mass is 32.2. The summed E-state index contributed by atoms with van der Waals surface area (Å²) in [5.74, 6) is 0.194. The molecule has 0 unspecified atom stereocenters. The van der Waals surface area contributed by atoms with Crippen LogP contribution in [-0.4, -0.2) is 22.5 Å². The van der Waals surface area contributed by atoms with Gasteiger partial charge in [0, 0.05) is 13.1 Å². The van der Waals surface area contributed by atoms with E-state index in [1.165, 1.54) is 31.3 Å². The van der Waals surface area contributed by atoms with E-state index in [4.69, 9.17) is 4.42 Å². The van der Waals surface area contributed by atoms with Crippen molar-refractivity contribution in [3.8, 4) is 0 Å². The lowest BCUT2D eigenvalue weighted by Crippen LogP contribution is -2.27. The third-order valence-electron chi connectivity index (χ3n) is 3.10. The second-order valence-electron chi connectivity index (χ2n) is 4.59. The third-order valence-corrected chi connectivity index (χ3v) is 4.98. The maximum absolute atomic E-state index is 13.8. The van der Waals surface area contributed by atoms with E-state index in [2.05, 4.69) is 5.32 Å². The van der Waals surface area contributed by atoms with Crippen LogP contribution in [0.4, 0.5) is 10.1 Å². The Morgan fingerprint density at radius 1 is 1.33 bits per heavy atom. The van der Waals surface area contributed by atoms with Crippen LogP contribution in [0, 0.1) is 12.7 Å². The molecule has 0 saturated heterocycles. The number of rotatable bonds is 5. The van der Waals surface area contributed by atoms with Crippen molar-refractivity contribution in [2.45, 2.75) is 18.4 Å². The minimum Gasteiger partial charge on any atom is -0.464 e. The number of aryl methyl sites for hydroxylation is 1. The Hall–Kier alpha value is -1.86. The van der Waals surface area contributed by atoms with Crippen LogP contribution in [0.2, 0.25) is 0 Å². The van der Waals surface area contributed by atoms with Gasteiger partial charge in [0.05, 0.1) is 12.2 Å². The van der Waals surface area contributed by atoms with Crippen molar-refractivity contribution in [3.05, 3.63) is 47.7 Å². The molecule has 7 heteroatoms. The normalized spacial score (nSPS) is 11.6. The van der Waals surface area contributed by atoms with E-state index in [9.17, 15) is 12.8 Å². The lowest BCUT2D eigenvalue weighted by Gasteiger charge is -2.19. The Morgan fingerprint density at radius 3 is 2.62 bits per heavy atom. The van der Waals surface area contributed by atoms with Gasteiger partial charge in [-0.15, -0.1) is 0 Å². The molecule has 0 radical (unpaired) electrons. The highest BCUT2D eigenvalue weighted by Crippen LogP contribution is 2.28. The number of benzene rings is 1. The SMILES string of the molecule is CNCc1cc(S(=O)(=O)N(C)c2ccccc2F)c(C)o1. The molecule has 0 spiro atoms. The number of hydrogen-bond acceptors (Lipinski definition) is 4. The zero-order valence-electron chi connectivity index (χ0n) is 12.1. The molecule has 0 aliphatic carbocycles. The second-order valence-corrected chi connectivity index (χ2v) is 6.53. The van der Waals surface area contributed by atoms with Crippen molar-refractivity contribution < 1.29 is 17.2 Å². The Balaban J connectivity index is 2.45. The predicted molar refractivity (Wildman–Crippen MR) is 78.2 cm³/mol. The summed E-state index contributed by atoms with van der Waals surface area (Å²) < 4.78 is 45.3. The zero-order chi connectivity index (χ0) is 15.6. The van der Waals surface area contributed by atoms with Crippen molar-refractivity contribution in [2.24, 2.45) is 0 Å². The molecule has 1 aromatic heterocycles. The molecule has 114 valence electrons. The van der Waals surface area contributed by atoms with Crippen LogP contribution in [0.15, 0.2) is 39.6 Å². The lowest BCUT2D eigenvalue weighted by molar-refractivity contribution is 0.466. The maximum Gasteiger partial charge on any atom is 0.267 e. The Labute approximate surface area is 123 Å². The summed E-state index contributed by atoms with van der Waals surface area (Å²) in [4.78, 5) is 0.0403. The van der Waals surface area contributed by atoms with Crippen LogP contribution in [0.5, 0.6) is 0 Å². The molecular formula is C14H17FN2O3S. The van der Waals surface area contributed by atoms with Crippen LogP contribution in [0.3, 0.4) is 0 Å². The molecule has 2 aromatic rings. The summed E-state index contributed by atoms with van der Waals surface area (Å²) in [6, 6.07) is 7.18. The summed E-state index contributed by atoms with van der Waals surface area (Å²) in [5, 5.41) is 2.88. The molecule has 0 amide bonds. The van der Waals surface area contributed by atoms with Crippen LogP contribution in [-0.2, 0) is 16.6 Å². The van der Waals surface area contributed by atoms with Crippen LogP contribution in [0.25, 0.3) is 0 Å². The number of furan rings is 1. The number of para-hydroxylation sites is 1. The average Bonchev–Trinajstić information content (AvgIpc) is 2.80. The number of anilines is 1. The van der Waals surface area contributed by atoms with Gasteiger partial charge < -0.3 is 9.73 Å². The van der Waals surface area contributed by atoms with Gasteiger partial charge in [0.15, 0.2) is 0 Å². The first-order valence-electron chi connectivity index (χ1n) is 6.35. The lowest BCUT2D eigenvalue weighted by atomic mass is 10.3. The fraction of sp³-hybridized carbons (Fsp3) is 0.286. The Morgan fingerprint density at radius 2 is 2.00 bits per heavy atom. The molecule has 0 saturated carbocycles. The quantitative estimate of drug-likeness (QED) is 0.920. The molecule has 1 aromatic carbocycles. The van der Waals surface area contributed by atoms with Crippen molar-refractivity contribution in [1.82, 2.24) is 5.32 Å². The number of halogens is 1. The fourth-order valence-corrected chi connectivity index (χ4v) is 3.41. The molecular weight excluding hydrogens is 295 g/mol. The highest BCUT2D eigenvalue weighted by molar-refractivity contribution is 7.92. The molecule has 0 atom stereocenters. The molecule has 2 rings (SSSR count). The van der Waals surface area contributed by atoms with Crippen LogP contribution in [0.1, 0.15) is 11.5 Å². The van der Waals surface area contributed by atoms with Gasteiger partial charge >= 0.3 is 0 Å². The van der Waals surface area contributed by atoms with Crippen molar-refractivity contribution >= 4 is 15.7 Å². The minimum absolute atomic E-state index is 0.00623. The summed E-state index contributed by atoms with van der Waals surface area (Å²) in [5.41, 5.74) is -0.00623. The van der Waals surface area contributed by atoms with Gasteiger partial charge in [-0.05, 0) is 26.1 Å². The molecule has 0 aliphatic rings. The van der Waals surface area contributed by atoms with Crippen LogP contribution >= 0.6 is 0 Å². The van der Waals surface area contributed by atoms with E-state index in [0.29, 0.717) is 12.3 Å². The molecule has 0 aliphatic heterocycles. The highest BCUT2D eigenvalue weighted by Gasteiger charge is 2.27. The van der Waals surface area contributed by atoms with E-state index in [-0.39, 0.29) is 16.3 Å². The average molecular weight is 312 g/mol. The minimum atomic E-state index is -3.87. The maximum atomic E-state index is 13.8. The van der Waals surface area contributed by atoms with Gasteiger partial charge in [-0.3, -0.25) is 4.31 Å². The van der Waals surface area contributed by atoms with E-state index in [0.717, 1.165) is 4.31 Å². The van der Waals surface area contributed by atoms with Crippen molar-refractivity contribution in [1.29, 1.82) is 0 Å². The molecule has 0 bridgehead atoms. The third kappa shape index (κ3) is 2.93. The largest absolute Gasteiger partial charge is 0.464 e. The van der Waals surface area contributed by atoms with E-state index in [1.54, 1.807) is 20.0 Å². The van der Waals surface area contributed by atoms with E-state index >= 15 is 0 Å². The smallest absolute Gasteiger partial charge is 0.267 e. The Kier molecular flexibility index (Phi) is 4.34. The molecule has 21 heavy (non-hydrogen) atoms. The number of sulfonamides is 1. The van der Waals surface area contributed by atoms with Gasteiger partial charge in [0.1, 0.15) is 22.2 Å². The molecule has 0 fully saturated rings. The summed E-state index contributed by atoms with van der Waals surface area (Å²) in [6.45, 7) is 1.99. The van der Waals surface area contributed by atoms with Gasteiger partial charge in [0.25, 0.3) is 10.0 Å². The van der Waals surface area contributed by atoms with Crippen molar-refractivity contribution in [3.63, 3.8) is 0 Å². The Bertz CT molecular complexity index is 740. The first-order valence-corrected chi connectivity index (χ1v) is 7.79. The molecule has 1 heterocycles. The summed E-state index contributed by atoms with van der Waals surface area (Å²) in [7, 11) is -0.820. The van der Waals surface area contributed by atoms with Gasteiger partial charge in [-0.1, -0.05) is 12.1 Å². The number of nitrogens with zero attached hydrogens (tertiary/aromatic N) is 1. The molecule has 1 N–H and O–H groups in total. The first kappa shape index (κ1) is 15.5.